The van der Waals surface area contributed by atoms with Gasteiger partial charge in [-0.3, -0.25) is 14.6 Å². The molecule has 4 heteroatoms. The molecule has 0 bridgehead atoms. The fourth-order valence-electron chi connectivity index (χ4n) is 3.76. The predicted octanol–water partition coefficient (Wildman–Crippen LogP) is 2.77. The van der Waals surface area contributed by atoms with Crippen molar-refractivity contribution in [2.24, 2.45) is 0 Å². The predicted molar refractivity (Wildman–Crippen MR) is 103 cm³/mol. The number of rotatable bonds is 6. The highest BCUT2D eigenvalue weighted by molar-refractivity contribution is 5.78. The Morgan fingerprint density at radius 2 is 1.68 bits per heavy atom. The zero-order chi connectivity index (χ0) is 17.3. The number of carbonyl (C=O) groups excluding carboxylic acids is 1. The first-order valence-electron chi connectivity index (χ1n) is 9.75. The van der Waals surface area contributed by atoms with Crippen LogP contribution in [0.4, 0.5) is 0 Å². The van der Waals surface area contributed by atoms with Gasteiger partial charge in [0.05, 0.1) is 6.54 Å². The summed E-state index contributed by atoms with van der Waals surface area (Å²) in [6.07, 6.45) is 10.6. The van der Waals surface area contributed by atoms with Crippen LogP contribution in [0, 0.1) is 0 Å². The maximum atomic E-state index is 12.2. The highest BCUT2D eigenvalue weighted by Crippen LogP contribution is 2.17. The number of hydrogen-bond acceptors (Lipinski definition) is 3. The van der Waals surface area contributed by atoms with E-state index >= 15 is 0 Å². The minimum atomic E-state index is 0.212. The summed E-state index contributed by atoms with van der Waals surface area (Å²) in [7, 11) is 0. The van der Waals surface area contributed by atoms with Gasteiger partial charge in [-0.15, -0.1) is 0 Å². The molecule has 3 rings (SSSR count). The third kappa shape index (κ3) is 6.29. The van der Waals surface area contributed by atoms with Gasteiger partial charge in [0.1, 0.15) is 0 Å². The van der Waals surface area contributed by atoms with E-state index in [1.54, 1.807) is 0 Å². The van der Waals surface area contributed by atoms with Crippen molar-refractivity contribution in [1.29, 1.82) is 0 Å². The van der Waals surface area contributed by atoms with Crippen LogP contribution in [0.25, 0.3) is 6.08 Å². The van der Waals surface area contributed by atoms with E-state index < -0.39 is 0 Å². The fraction of sp³-hybridized carbons (Fsp3) is 0.571. The second-order valence-electron chi connectivity index (χ2n) is 7.29. The fourth-order valence-corrected chi connectivity index (χ4v) is 3.76. The third-order valence-corrected chi connectivity index (χ3v) is 5.28. The first kappa shape index (κ1) is 18.2. The Morgan fingerprint density at radius 1 is 1.00 bits per heavy atom. The first-order valence-corrected chi connectivity index (χ1v) is 9.75. The lowest BCUT2D eigenvalue weighted by molar-refractivity contribution is -0.123. The molecule has 0 aromatic heterocycles. The molecule has 0 unspecified atom stereocenters. The van der Waals surface area contributed by atoms with Crippen molar-refractivity contribution in [2.75, 3.05) is 39.3 Å². The summed E-state index contributed by atoms with van der Waals surface area (Å²) < 4.78 is 0. The molecule has 25 heavy (non-hydrogen) atoms. The van der Waals surface area contributed by atoms with Crippen LogP contribution in [0.3, 0.4) is 0 Å². The Morgan fingerprint density at radius 3 is 2.40 bits per heavy atom. The molecular formula is C21H31N3O. The molecule has 136 valence electrons. The number of benzene rings is 1. The van der Waals surface area contributed by atoms with Gasteiger partial charge in [-0.2, -0.15) is 0 Å². The molecule has 0 radical (unpaired) electrons. The van der Waals surface area contributed by atoms with Gasteiger partial charge in [0.15, 0.2) is 0 Å². The number of nitrogens with zero attached hydrogens (tertiary/aromatic N) is 2. The molecule has 1 aromatic carbocycles. The number of nitrogens with one attached hydrogen (secondary N) is 1. The SMILES string of the molecule is O=C(CN1CCN(C/C=C/c2ccccc2)CC1)NC1CCCCC1. The van der Waals surface area contributed by atoms with Crippen LogP contribution in [-0.2, 0) is 4.79 Å². The minimum Gasteiger partial charge on any atom is -0.352 e. The maximum Gasteiger partial charge on any atom is 0.234 e. The zero-order valence-electron chi connectivity index (χ0n) is 15.2. The summed E-state index contributed by atoms with van der Waals surface area (Å²) in [6.45, 7) is 5.58. The highest BCUT2D eigenvalue weighted by Gasteiger charge is 2.20. The van der Waals surface area contributed by atoms with Gasteiger partial charge in [-0.05, 0) is 18.4 Å². The van der Waals surface area contributed by atoms with Gasteiger partial charge in [0.2, 0.25) is 5.91 Å². The number of hydrogen-bond donors (Lipinski definition) is 1. The van der Waals surface area contributed by atoms with Crippen molar-refractivity contribution in [2.45, 2.75) is 38.1 Å². The van der Waals surface area contributed by atoms with Gasteiger partial charge in [0.25, 0.3) is 0 Å². The maximum absolute atomic E-state index is 12.2. The molecule has 1 saturated carbocycles. The van der Waals surface area contributed by atoms with E-state index in [0.29, 0.717) is 12.6 Å². The quantitative estimate of drug-likeness (QED) is 0.864. The minimum absolute atomic E-state index is 0.212. The molecule has 4 nitrogen and oxygen atoms in total. The summed E-state index contributed by atoms with van der Waals surface area (Å²) in [4.78, 5) is 17.0. The summed E-state index contributed by atoms with van der Waals surface area (Å²) in [5, 5.41) is 3.22. The Hall–Kier alpha value is -1.65. The highest BCUT2D eigenvalue weighted by atomic mass is 16.2. The molecule has 2 fully saturated rings. The molecular weight excluding hydrogens is 310 g/mol. The monoisotopic (exact) mass is 341 g/mol. The average Bonchev–Trinajstić information content (AvgIpc) is 2.65. The number of carbonyl (C=O) groups is 1. The molecule has 1 saturated heterocycles. The van der Waals surface area contributed by atoms with E-state index in [2.05, 4.69) is 51.5 Å². The van der Waals surface area contributed by atoms with E-state index in [1.807, 2.05) is 6.07 Å². The summed E-state index contributed by atoms with van der Waals surface area (Å²) in [5.74, 6) is 0.212. The largest absolute Gasteiger partial charge is 0.352 e. The summed E-state index contributed by atoms with van der Waals surface area (Å²) in [6, 6.07) is 10.8. The number of piperazine rings is 1. The van der Waals surface area contributed by atoms with Gasteiger partial charge in [-0.25, -0.2) is 0 Å². The van der Waals surface area contributed by atoms with E-state index in [9.17, 15) is 4.79 Å². The molecule has 0 spiro atoms. The lowest BCUT2D eigenvalue weighted by Crippen LogP contribution is -2.50. The molecule has 1 aliphatic heterocycles. The lowest BCUT2D eigenvalue weighted by Gasteiger charge is -2.34. The molecule has 0 atom stereocenters. The van der Waals surface area contributed by atoms with Crippen LogP contribution in [-0.4, -0.2) is 61.0 Å². The molecule has 1 aromatic rings. The van der Waals surface area contributed by atoms with Crippen molar-refractivity contribution in [3.05, 3.63) is 42.0 Å². The number of amides is 1. The summed E-state index contributed by atoms with van der Waals surface area (Å²) >= 11 is 0. The molecule has 1 aliphatic carbocycles. The zero-order valence-corrected chi connectivity index (χ0v) is 15.2. The van der Waals surface area contributed by atoms with Crippen LogP contribution >= 0.6 is 0 Å². The van der Waals surface area contributed by atoms with Gasteiger partial charge in [0, 0.05) is 38.8 Å². The lowest BCUT2D eigenvalue weighted by atomic mass is 9.95. The van der Waals surface area contributed by atoms with Crippen molar-refractivity contribution in [3.63, 3.8) is 0 Å². The average molecular weight is 341 g/mol. The van der Waals surface area contributed by atoms with Crippen molar-refractivity contribution < 1.29 is 4.79 Å². The summed E-state index contributed by atoms with van der Waals surface area (Å²) in [5.41, 5.74) is 1.25. The van der Waals surface area contributed by atoms with Crippen molar-refractivity contribution in [1.82, 2.24) is 15.1 Å². The normalized spacial score (nSPS) is 20.8. The molecule has 1 heterocycles. The molecule has 1 amide bonds. The van der Waals surface area contributed by atoms with Gasteiger partial charge in [-0.1, -0.05) is 61.7 Å². The van der Waals surface area contributed by atoms with Crippen LogP contribution < -0.4 is 5.32 Å². The Balaban J connectivity index is 1.32. The topological polar surface area (TPSA) is 35.6 Å². The van der Waals surface area contributed by atoms with E-state index in [-0.39, 0.29) is 5.91 Å². The van der Waals surface area contributed by atoms with E-state index in [1.165, 1.54) is 24.8 Å². The van der Waals surface area contributed by atoms with Crippen LogP contribution in [0.15, 0.2) is 36.4 Å². The second kappa shape index (κ2) is 9.73. The van der Waals surface area contributed by atoms with Gasteiger partial charge < -0.3 is 5.32 Å². The Labute approximate surface area is 151 Å². The van der Waals surface area contributed by atoms with E-state index in [0.717, 1.165) is 45.6 Å². The second-order valence-corrected chi connectivity index (χ2v) is 7.29. The van der Waals surface area contributed by atoms with Crippen LogP contribution in [0.2, 0.25) is 0 Å². The third-order valence-electron chi connectivity index (χ3n) is 5.28. The smallest absolute Gasteiger partial charge is 0.234 e. The first-order chi connectivity index (χ1) is 12.3. The Kier molecular flexibility index (Phi) is 7.07. The molecule has 1 N–H and O–H groups in total. The van der Waals surface area contributed by atoms with Crippen molar-refractivity contribution in [3.8, 4) is 0 Å². The van der Waals surface area contributed by atoms with Gasteiger partial charge >= 0.3 is 0 Å². The van der Waals surface area contributed by atoms with Crippen LogP contribution in [0.5, 0.6) is 0 Å². The molecule has 2 aliphatic rings. The van der Waals surface area contributed by atoms with Crippen LogP contribution in [0.1, 0.15) is 37.7 Å². The van der Waals surface area contributed by atoms with E-state index in [4.69, 9.17) is 0 Å². The van der Waals surface area contributed by atoms with Crippen molar-refractivity contribution >= 4 is 12.0 Å². The Bertz CT molecular complexity index is 544. The standard InChI is InChI=1S/C21H31N3O/c25-21(22-20-11-5-2-6-12-20)18-24-16-14-23(15-17-24)13-7-10-19-8-3-1-4-9-19/h1,3-4,7-10,20H,2,5-6,11-18H2,(H,22,25)/b10-7+.